The fourth-order valence-corrected chi connectivity index (χ4v) is 3.71. The molecular formula is C17H25N3O2. The van der Waals surface area contributed by atoms with E-state index in [9.17, 15) is 4.79 Å². The number of likely N-dealkylation sites (tertiary alicyclic amines) is 1. The van der Waals surface area contributed by atoms with Gasteiger partial charge in [-0.2, -0.15) is 0 Å². The Morgan fingerprint density at radius 3 is 2.86 bits per heavy atom. The van der Waals surface area contributed by atoms with E-state index in [4.69, 9.17) is 4.74 Å². The number of ether oxygens (including phenoxy) is 1. The van der Waals surface area contributed by atoms with E-state index in [0.717, 1.165) is 52.1 Å². The summed E-state index contributed by atoms with van der Waals surface area (Å²) in [7, 11) is 0. The molecule has 3 rings (SSSR count). The Kier molecular flexibility index (Phi) is 5.05. The zero-order chi connectivity index (χ0) is 15.4. The molecular weight excluding hydrogens is 278 g/mol. The molecule has 2 fully saturated rings. The Hall–Kier alpha value is -1.46. The second kappa shape index (κ2) is 7.20. The molecule has 0 N–H and O–H groups in total. The molecule has 0 bridgehead atoms. The maximum atomic E-state index is 12.2. The molecule has 1 unspecified atom stereocenters. The Morgan fingerprint density at radius 2 is 2.18 bits per heavy atom. The number of amides is 1. The number of nitrogens with zero attached hydrogens (tertiary/aromatic N) is 3. The van der Waals surface area contributed by atoms with E-state index in [1.54, 1.807) is 13.1 Å². The number of rotatable bonds is 4. The molecule has 1 atom stereocenters. The standard InChI is InChI=1S/C17H25N3O2/c1-14(21)20(16-5-9-22-10-6-16)17-4-8-19(13-17)12-15-3-2-7-18-11-15/h2-3,7,11,16-17H,4-6,8-10,12-13H2,1H3. The molecule has 0 aromatic carbocycles. The number of carbonyl (C=O) groups is 1. The molecule has 1 aromatic rings. The second-order valence-electron chi connectivity index (χ2n) is 6.31. The lowest BCUT2D eigenvalue weighted by Crippen LogP contribution is -2.49. The van der Waals surface area contributed by atoms with Gasteiger partial charge in [0.05, 0.1) is 0 Å². The van der Waals surface area contributed by atoms with Crippen LogP contribution in [-0.4, -0.2) is 59.1 Å². The fraction of sp³-hybridized carbons (Fsp3) is 0.647. The van der Waals surface area contributed by atoms with Crippen molar-refractivity contribution in [1.29, 1.82) is 0 Å². The van der Waals surface area contributed by atoms with Gasteiger partial charge in [-0.25, -0.2) is 0 Å². The molecule has 5 heteroatoms. The minimum absolute atomic E-state index is 0.208. The molecule has 120 valence electrons. The number of hydrogen-bond donors (Lipinski definition) is 0. The van der Waals surface area contributed by atoms with Crippen LogP contribution in [0.15, 0.2) is 24.5 Å². The van der Waals surface area contributed by atoms with E-state index >= 15 is 0 Å². The first kappa shape index (κ1) is 15.4. The Labute approximate surface area is 132 Å². The van der Waals surface area contributed by atoms with E-state index in [2.05, 4.69) is 20.9 Å². The van der Waals surface area contributed by atoms with Gasteiger partial charge in [0.1, 0.15) is 0 Å². The SMILES string of the molecule is CC(=O)N(C1CCOCC1)C1CCN(Cc2cccnc2)C1. The summed E-state index contributed by atoms with van der Waals surface area (Å²) < 4.78 is 5.44. The van der Waals surface area contributed by atoms with E-state index in [-0.39, 0.29) is 5.91 Å². The van der Waals surface area contributed by atoms with Crippen molar-refractivity contribution in [2.75, 3.05) is 26.3 Å². The van der Waals surface area contributed by atoms with Crippen LogP contribution in [0, 0.1) is 0 Å². The van der Waals surface area contributed by atoms with Crippen LogP contribution in [0.4, 0.5) is 0 Å². The highest BCUT2D eigenvalue weighted by Gasteiger charge is 2.34. The molecule has 0 saturated carbocycles. The molecule has 3 heterocycles. The van der Waals surface area contributed by atoms with Gasteiger partial charge in [0.2, 0.25) is 5.91 Å². The largest absolute Gasteiger partial charge is 0.381 e. The van der Waals surface area contributed by atoms with Gasteiger partial charge < -0.3 is 9.64 Å². The van der Waals surface area contributed by atoms with Gasteiger partial charge >= 0.3 is 0 Å². The smallest absolute Gasteiger partial charge is 0.219 e. The quantitative estimate of drug-likeness (QED) is 0.849. The maximum Gasteiger partial charge on any atom is 0.219 e. The molecule has 1 aromatic heterocycles. The zero-order valence-corrected chi connectivity index (χ0v) is 13.3. The lowest BCUT2D eigenvalue weighted by atomic mass is 10.0. The van der Waals surface area contributed by atoms with Crippen molar-refractivity contribution in [2.24, 2.45) is 0 Å². The van der Waals surface area contributed by atoms with E-state index in [1.165, 1.54) is 5.56 Å². The monoisotopic (exact) mass is 303 g/mol. The summed E-state index contributed by atoms with van der Waals surface area (Å²) in [6.45, 7) is 6.20. The molecule has 5 nitrogen and oxygen atoms in total. The van der Waals surface area contributed by atoms with Crippen LogP contribution < -0.4 is 0 Å². The van der Waals surface area contributed by atoms with Gasteiger partial charge in [0.25, 0.3) is 0 Å². The van der Waals surface area contributed by atoms with Crippen LogP contribution >= 0.6 is 0 Å². The average Bonchev–Trinajstić information content (AvgIpc) is 2.97. The van der Waals surface area contributed by atoms with Crippen LogP contribution in [0.1, 0.15) is 31.7 Å². The summed E-state index contributed by atoms with van der Waals surface area (Å²) in [5.74, 6) is 0.208. The van der Waals surface area contributed by atoms with Gasteiger partial charge in [-0.3, -0.25) is 14.7 Å². The molecule has 0 aliphatic carbocycles. The molecule has 2 saturated heterocycles. The first-order valence-corrected chi connectivity index (χ1v) is 8.22. The van der Waals surface area contributed by atoms with Crippen LogP contribution in [0.25, 0.3) is 0 Å². The number of aromatic nitrogens is 1. The van der Waals surface area contributed by atoms with Crippen molar-refractivity contribution in [1.82, 2.24) is 14.8 Å². The van der Waals surface area contributed by atoms with Crippen molar-refractivity contribution in [2.45, 2.75) is 44.8 Å². The predicted molar refractivity (Wildman–Crippen MR) is 84.3 cm³/mol. The summed E-state index contributed by atoms with van der Waals surface area (Å²) >= 11 is 0. The molecule has 2 aliphatic heterocycles. The van der Waals surface area contributed by atoms with Crippen molar-refractivity contribution < 1.29 is 9.53 Å². The van der Waals surface area contributed by atoms with Crippen molar-refractivity contribution in [3.05, 3.63) is 30.1 Å². The molecule has 22 heavy (non-hydrogen) atoms. The van der Waals surface area contributed by atoms with Gasteiger partial charge in [-0.05, 0) is 30.9 Å². The van der Waals surface area contributed by atoms with Gasteiger partial charge in [-0.15, -0.1) is 0 Å². The topological polar surface area (TPSA) is 45.7 Å². The first-order valence-electron chi connectivity index (χ1n) is 8.22. The van der Waals surface area contributed by atoms with Crippen LogP contribution in [0.2, 0.25) is 0 Å². The molecule has 0 radical (unpaired) electrons. The Morgan fingerprint density at radius 1 is 1.36 bits per heavy atom. The number of hydrogen-bond acceptors (Lipinski definition) is 4. The predicted octanol–water partition coefficient (Wildman–Crippen LogP) is 1.68. The van der Waals surface area contributed by atoms with Crippen molar-refractivity contribution in [3.8, 4) is 0 Å². The molecule has 0 spiro atoms. The molecule has 2 aliphatic rings. The van der Waals surface area contributed by atoms with Crippen molar-refractivity contribution in [3.63, 3.8) is 0 Å². The summed E-state index contributed by atoms with van der Waals surface area (Å²) in [5, 5.41) is 0. The van der Waals surface area contributed by atoms with Crippen LogP contribution in [-0.2, 0) is 16.1 Å². The van der Waals surface area contributed by atoms with E-state index in [0.29, 0.717) is 12.1 Å². The minimum atomic E-state index is 0.208. The minimum Gasteiger partial charge on any atom is -0.381 e. The zero-order valence-electron chi connectivity index (χ0n) is 13.3. The third-order valence-corrected chi connectivity index (χ3v) is 4.72. The third-order valence-electron chi connectivity index (χ3n) is 4.72. The van der Waals surface area contributed by atoms with Gasteiger partial charge in [0.15, 0.2) is 0 Å². The Balaban J connectivity index is 1.60. The van der Waals surface area contributed by atoms with E-state index < -0.39 is 0 Å². The van der Waals surface area contributed by atoms with Crippen LogP contribution in [0.3, 0.4) is 0 Å². The van der Waals surface area contributed by atoms with Gasteiger partial charge in [-0.1, -0.05) is 6.07 Å². The number of pyridine rings is 1. The summed E-state index contributed by atoms with van der Waals surface area (Å²) in [4.78, 5) is 20.9. The maximum absolute atomic E-state index is 12.2. The summed E-state index contributed by atoms with van der Waals surface area (Å²) in [6, 6.07) is 4.79. The first-order chi connectivity index (χ1) is 10.7. The highest BCUT2D eigenvalue weighted by atomic mass is 16.5. The Bertz CT molecular complexity index is 488. The lowest BCUT2D eigenvalue weighted by Gasteiger charge is -2.38. The highest BCUT2D eigenvalue weighted by Crippen LogP contribution is 2.24. The number of carbonyl (C=O) groups excluding carboxylic acids is 1. The van der Waals surface area contributed by atoms with Crippen LogP contribution in [0.5, 0.6) is 0 Å². The van der Waals surface area contributed by atoms with E-state index in [1.807, 2.05) is 12.3 Å². The van der Waals surface area contributed by atoms with Gasteiger partial charge in [0, 0.05) is 64.2 Å². The lowest BCUT2D eigenvalue weighted by molar-refractivity contribution is -0.135. The third kappa shape index (κ3) is 3.65. The summed E-state index contributed by atoms with van der Waals surface area (Å²) in [6.07, 6.45) is 6.74. The summed E-state index contributed by atoms with van der Waals surface area (Å²) in [5.41, 5.74) is 1.24. The normalized spacial score (nSPS) is 23.6. The van der Waals surface area contributed by atoms with Crippen molar-refractivity contribution >= 4 is 5.91 Å². The fourth-order valence-electron chi connectivity index (χ4n) is 3.71. The second-order valence-corrected chi connectivity index (χ2v) is 6.31. The molecule has 1 amide bonds. The average molecular weight is 303 g/mol. The highest BCUT2D eigenvalue weighted by molar-refractivity contribution is 5.74.